The monoisotopic (exact) mass is 172 g/mol. The number of nitrogens with two attached hydrogens (primary N) is 1. The van der Waals surface area contributed by atoms with Crippen LogP contribution >= 0.6 is 0 Å². The number of nitrogens with one attached hydrogen (secondary N) is 1. The summed E-state index contributed by atoms with van der Waals surface area (Å²) in [6, 6.07) is 0.186. The molecule has 1 rings (SSSR count). The Kier molecular flexibility index (Phi) is 3.34. The van der Waals surface area contributed by atoms with Crippen LogP contribution in [0.3, 0.4) is 0 Å². The third-order valence-electron chi connectivity index (χ3n) is 2.48. The van der Waals surface area contributed by atoms with Gasteiger partial charge in [-0.1, -0.05) is 12.8 Å². The van der Waals surface area contributed by atoms with Gasteiger partial charge in [-0.25, -0.2) is 4.79 Å². The third-order valence-corrected chi connectivity index (χ3v) is 2.48. The molecular formula is C8H16N2O2. The first-order valence-corrected chi connectivity index (χ1v) is 4.42. The quantitative estimate of drug-likeness (QED) is 0.576. The molecule has 0 radical (unpaired) electrons. The van der Waals surface area contributed by atoms with Gasteiger partial charge in [0.15, 0.2) is 0 Å². The Morgan fingerprint density at radius 3 is 2.75 bits per heavy atom. The Morgan fingerprint density at radius 1 is 1.50 bits per heavy atom. The highest BCUT2D eigenvalue weighted by Gasteiger charge is 2.21. The van der Waals surface area contributed by atoms with Crippen LogP contribution in [0.1, 0.15) is 25.7 Å². The molecule has 1 fully saturated rings. The molecule has 70 valence electrons. The fourth-order valence-corrected chi connectivity index (χ4v) is 1.71. The lowest BCUT2D eigenvalue weighted by atomic mass is 9.85. The number of carbonyl (C=O) groups is 1. The zero-order chi connectivity index (χ0) is 8.97. The van der Waals surface area contributed by atoms with Crippen LogP contribution in [0, 0.1) is 5.92 Å². The van der Waals surface area contributed by atoms with E-state index >= 15 is 0 Å². The molecule has 0 heterocycles. The molecule has 0 aromatic rings. The molecule has 2 atom stereocenters. The SMILES string of the molecule is NC1CCCCC1CNC(=O)O. The Hall–Kier alpha value is -0.770. The van der Waals surface area contributed by atoms with Gasteiger partial charge in [0.2, 0.25) is 0 Å². The lowest BCUT2D eigenvalue weighted by Gasteiger charge is -2.28. The summed E-state index contributed by atoms with van der Waals surface area (Å²) in [5, 5.41) is 10.8. The van der Waals surface area contributed by atoms with E-state index in [0.29, 0.717) is 12.5 Å². The minimum Gasteiger partial charge on any atom is -0.465 e. The maximum Gasteiger partial charge on any atom is 0.404 e. The van der Waals surface area contributed by atoms with Crippen LogP contribution in [0.2, 0.25) is 0 Å². The van der Waals surface area contributed by atoms with Gasteiger partial charge in [0.25, 0.3) is 0 Å². The summed E-state index contributed by atoms with van der Waals surface area (Å²) >= 11 is 0. The van der Waals surface area contributed by atoms with Gasteiger partial charge in [-0.3, -0.25) is 0 Å². The molecule has 1 saturated carbocycles. The largest absolute Gasteiger partial charge is 0.465 e. The Morgan fingerprint density at radius 2 is 2.17 bits per heavy atom. The van der Waals surface area contributed by atoms with E-state index in [0.717, 1.165) is 12.8 Å². The lowest BCUT2D eigenvalue weighted by Crippen LogP contribution is -2.40. The van der Waals surface area contributed by atoms with Crippen molar-refractivity contribution in [1.82, 2.24) is 5.32 Å². The Bertz CT molecular complexity index is 161. The minimum atomic E-state index is -0.951. The van der Waals surface area contributed by atoms with E-state index in [1.165, 1.54) is 12.8 Å². The van der Waals surface area contributed by atoms with Crippen LogP contribution in [0.25, 0.3) is 0 Å². The summed E-state index contributed by atoms with van der Waals surface area (Å²) in [5.41, 5.74) is 5.83. The van der Waals surface area contributed by atoms with E-state index in [4.69, 9.17) is 10.8 Å². The Labute approximate surface area is 72.1 Å². The van der Waals surface area contributed by atoms with Gasteiger partial charge < -0.3 is 16.2 Å². The highest BCUT2D eigenvalue weighted by Crippen LogP contribution is 2.21. The second-order valence-electron chi connectivity index (χ2n) is 3.39. The van der Waals surface area contributed by atoms with Crippen molar-refractivity contribution in [3.8, 4) is 0 Å². The first kappa shape index (κ1) is 9.32. The highest BCUT2D eigenvalue weighted by atomic mass is 16.4. The number of carboxylic acid groups (broad SMARTS) is 1. The van der Waals surface area contributed by atoms with Crippen LogP contribution in [-0.4, -0.2) is 23.8 Å². The zero-order valence-electron chi connectivity index (χ0n) is 7.12. The molecule has 1 aliphatic rings. The van der Waals surface area contributed by atoms with Crippen LogP contribution < -0.4 is 11.1 Å². The summed E-state index contributed by atoms with van der Waals surface area (Å²) in [7, 11) is 0. The molecule has 0 bridgehead atoms. The van der Waals surface area contributed by atoms with Gasteiger partial charge in [0.05, 0.1) is 0 Å². The third kappa shape index (κ3) is 2.70. The van der Waals surface area contributed by atoms with Gasteiger partial charge >= 0.3 is 6.09 Å². The van der Waals surface area contributed by atoms with Crippen molar-refractivity contribution in [1.29, 1.82) is 0 Å². The van der Waals surface area contributed by atoms with Crippen molar-refractivity contribution in [3.63, 3.8) is 0 Å². The van der Waals surface area contributed by atoms with E-state index in [1.54, 1.807) is 0 Å². The average molecular weight is 172 g/mol. The fourth-order valence-electron chi connectivity index (χ4n) is 1.71. The summed E-state index contributed by atoms with van der Waals surface area (Å²) in [5.74, 6) is 0.342. The first-order valence-electron chi connectivity index (χ1n) is 4.42. The predicted octanol–water partition coefficient (Wildman–Crippen LogP) is 0.772. The fraction of sp³-hybridized carbons (Fsp3) is 0.875. The standard InChI is InChI=1S/C8H16N2O2/c9-7-4-2-1-3-6(7)5-10-8(11)12/h6-7,10H,1-5,9H2,(H,11,12). The maximum absolute atomic E-state index is 10.2. The van der Waals surface area contributed by atoms with Crippen molar-refractivity contribution in [2.45, 2.75) is 31.7 Å². The molecule has 2 unspecified atom stereocenters. The molecule has 1 amide bonds. The number of hydrogen-bond acceptors (Lipinski definition) is 2. The highest BCUT2D eigenvalue weighted by molar-refractivity contribution is 5.64. The summed E-state index contributed by atoms with van der Waals surface area (Å²) in [6.45, 7) is 0.510. The molecule has 0 saturated heterocycles. The molecule has 4 heteroatoms. The minimum absolute atomic E-state index is 0.186. The molecule has 0 aromatic heterocycles. The van der Waals surface area contributed by atoms with Gasteiger partial charge in [-0.15, -0.1) is 0 Å². The average Bonchev–Trinajstić information content (AvgIpc) is 2.03. The van der Waals surface area contributed by atoms with Crippen LogP contribution in [0.15, 0.2) is 0 Å². The second-order valence-corrected chi connectivity index (χ2v) is 3.39. The molecule has 4 nitrogen and oxygen atoms in total. The normalized spacial score (nSPS) is 29.8. The molecular weight excluding hydrogens is 156 g/mol. The number of hydrogen-bond donors (Lipinski definition) is 3. The molecule has 1 aliphatic carbocycles. The summed E-state index contributed by atoms with van der Waals surface area (Å²) < 4.78 is 0. The summed E-state index contributed by atoms with van der Waals surface area (Å²) in [4.78, 5) is 10.2. The van der Waals surface area contributed by atoms with Crippen molar-refractivity contribution >= 4 is 6.09 Å². The molecule has 12 heavy (non-hydrogen) atoms. The zero-order valence-corrected chi connectivity index (χ0v) is 7.12. The second kappa shape index (κ2) is 4.30. The van der Waals surface area contributed by atoms with Crippen molar-refractivity contribution in [2.24, 2.45) is 11.7 Å². The Balaban J connectivity index is 2.24. The van der Waals surface area contributed by atoms with E-state index in [1.807, 2.05) is 0 Å². The van der Waals surface area contributed by atoms with Crippen molar-refractivity contribution in [2.75, 3.05) is 6.54 Å². The van der Waals surface area contributed by atoms with Gasteiger partial charge in [-0.2, -0.15) is 0 Å². The van der Waals surface area contributed by atoms with Gasteiger partial charge in [0.1, 0.15) is 0 Å². The molecule has 0 aliphatic heterocycles. The van der Waals surface area contributed by atoms with Gasteiger partial charge in [-0.05, 0) is 18.8 Å². The molecule has 4 N–H and O–H groups in total. The lowest BCUT2D eigenvalue weighted by molar-refractivity contribution is 0.188. The van der Waals surface area contributed by atoms with Crippen molar-refractivity contribution < 1.29 is 9.90 Å². The van der Waals surface area contributed by atoms with E-state index in [-0.39, 0.29) is 6.04 Å². The number of rotatable bonds is 2. The van der Waals surface area contributed by atoms with Crippen LogP contribution in [0.5, 0.6) is 0 Å². The van der Waals surface area contributed by atoms with E-state index in [2.05, 4.69) is 5.32 Å². The topological polar surface area (TPSA) is 75.3 Å². The van der Waals surface area contributed by atoms with Crippen LogP contribution in [0.4, 0.5) is 4.79 Å². The first-order chi connectivity index (χ1) is 5.70. The maximum atomic E-state index is 10.2. The molecule has 0 aromatic carbocycles. The summed E-state index contributed by atoms with van der Waals surface area (Å²) in [6.07, 6.45) is 3.51. The van der Waals surface area contributed by atoms with Crippen molar-refractivity contribution in [3.05, 3.63) is 0 Å². The van der Waals surface area contributed by atoms with Crippen LogP contribution in [-0.2, 0) is 0 Å². The van der Waals surface area contributed by atoms with E-state index < -0.39 is 6.09 Å². The number of amides is 1. The van der Waals surface area contributed by atoms with E-state index in [9.17, 15) is 4.79 Å². The smallest absolute Gasteiger partial charge is 0.404 e. The van der Waals surface area contributed by atoms with Gasteiger partial charge in [0, 0.05) is 12.6 Å². The molecule has 0 spiro atoms. The predicted molar refractivity (Wildman–Crippen MR) is 46.0 cm³/mol.